The van der Waals surface area contributed by atoms with E-state index < -0.39 is 0 Å². The molecule has 0 amide bonds. The summed E-state index contributed by atoms with van der Waals surface area (Å²) in [4.78, 5) is 12.9. The van der Waals surface area contributed by atoms with Crippen LogP contribution in [0.3, 0.4) is 0 Å². The lowest BCUT2D eigenvalue weighted by atomic mass is 10.1. The molecule has 4 rings (SSSR count). The zero-order valence-electron chi connectivity index (χ0n) is 14.6. The van der Waals surface area contributed by atoms with Crippen LogP contribution in [-0.4, -0.2) is 14.2 Å². The van der Waals surface area contributed by atoms with Crippen molar-refractivity contribution >= 4 is 17.1 Å². The summed E-state index contributed by atoms with van der Waals surface area (Å²) in [5.41, 5.74) is 5.73. The Morgan fingerprint density at radius 3 is 2.50 bits per heavy atom. The highest BCUT2D eigenvalue weighted by Crippen LogP contribution is 2.21. The van der Waals surface area contributed by atoms with Gasteiger partial charge in [-0.3, -0.25) is 4.79 Å². The lowest BCUT2D eigenvalue weighted by molar-refractivity contribution is 0.739. The summed E-state index contributed by atoms with van der Waals surface area (Å²) >= 11 is 5.94. The van der Waals surface area contributed by atoms with Crippen molar-refractivity contribution in [1.29, 1.82) is 0 Å². The van der Waals surface area contributed by atoms with Gasteiger partial charge in [0.05, 0.1) is 12.2 Å². The Balaban J connectivity index is 1.75. The molecule has 2 aromatic carbocycles. The number of nitrogens with zero attached hydrogens (tertiary/aromatic N) is 3. The van der Waals surface area contributed by atoms with Crippen LogP contribution in [-0.2, 0) is 6.54 Å². The average molecular weight is 364 g/mol. The summed E-state index contributed by atoms with van der Waals surface area (Å²) in [6.07, 6.45) is 3.60. The van der Waals surface area contributed by atoms with Crippen LogP contribution in [0.5, 0.6) is 0 Å². The molecule has 0 spiro atoms. The van der Waals surface area contributed by atoms with Crippen LogP contribution in [0.1, 0.15) is 16.7 Å². The normalized spacial score (nSPS) is 11.2. The van der Waals surface area contributed by atoms with E-state index in [4.69, 9.17) is 11.6 Å². The monoisotopic (exact) mass is 363 g/mol. The molecule has 0 atom stereocenters. The van der Waals surface area contributed by atoms with Crippen molar-refractivity contribution in [2.45, 2.75) is 20.4 Å². The van der Waals surface area contributed by atoms with Crippen LogP contribution in [0, 0.1) is 13.8 Å². The number of aromatic nitrogens is 3. The van der Waals surface area contributed by atoms with E-state index in [1.807, 2.05) is 36.5 Å². The van der Waals surface area contributed by atoms with Gasteiger partial charge in [-0.2, -0.15) is 5.10 Å². The Hall–Kier alpha value is -2.85. The smallest absolute Gasteiger partial charge is 0.276 e. The molecule has 4 aromatic rings. The minimum Gasteiger partial charge on any atom is -0.308 e. The second kappa shape index (κ2) is 6.46. The quantitative estimate of drug-likeness (QED) is 0.538. The van der Waals surface area contributed by atoms with E-state index in [9.17, 15) is 4.79 Å². The number of hydrogen-bond acceptors (Lipinski definition) is 2. The number of aryl methyl sites for hydroxylation is 2. The summed E-state index contributed by atoms with van der Waals surface area (Å²) in [7, 11) is 0. The SMILES string of the molecule is Cc1ccc(Cn2ccn3nc(-c4ccc(Cl)cc4)cc3c2=O)c(C)c1. The van der Waals surface area contributed by atoms with Crippen LogP contribution < -0.4 is 5.56 Å². The van der Waals surface area contributed by atoms with Gasteiger partial charge in [0.1, 0.15) is 5.52 Å². The van der Waals surface area contributed by atoms with Crippen molar-refractivity contribution in [2.24, 2.45) is 0 Å². The number of halogens is 1. The summed E-state index contributed by atoms with van der Waals surface area (Å²) in [5.74, 6) is 0. The van der Waals surface area contributed by atoms with Gasteiger partial charge in [0.15, 0.2) is 0 Å². The molecule has 2 aromatic heterocycles. The Morgan fingerprint density at radius 2 is 1.77 bits per heavy atom. The first-order valence-electron chi connectivity index (χ1n) is 8.42. The molecule has 0 fully saturated rings. The zero-order valence-corrected chi connectivity index (χ0v) is 15.4. The summed E-state index contributed by atoms with van der Waals surface area (Å²) < 4.78 is 3.35. The first-order chi connectivity index (χ1) is 12.5. The van der Waals surface area contributed by atoms with Crippen molar-refractivity contribution in [3.05, 3.63) is 93.0 Å². The molecule has 0 saturated carbocycles. The third-order valence-electron chi connectivity index (χ3n) is 4.58. The third-order valence-corrected chi connectivity index (χ3v) is 4.83. The van der Waals surface area contributed by atoms with E-state index in [-0.39, 0.29) is 5.56 Å². The van der Waals surface area contributed by atoms with Gasteiger partial charge in [0.2, 0.25) is 0 Å². The molecular weight excluding hydrogens is 346 g/mol. The van der Waals surface area contributed by atoms with Crippen molar-refractivity contribution in [3.63, 3.8) is 0 Å². The van der Waals surface area contributed by atoms with Gasteiger partial charge in [0, 0.05) is 23.0 Å². The fraction of sp³-hybridized carbons (Fsp3) is 0.143. The van der Waals surface area contributed by atoms with E-state index in [1.54, 1.807) is 15.3 Å². The molecule has 0 saturated heterocycles. The molecule has 4 nitrogen and oxygen atoms in total. The highest BCUT2D eigenvalue weighted by molar-refractivity contribution is 6.30. The number of fused-ring (bicyclic) bond motifs is 1. The van der Waals surface area contributed by atoms with Gasteiger partial charge in [-0.05, 0) is 43.2 Å². The van der Waals surface area contributed by atoms with E-state index in [0.29, 0.717) is 17.1 Å². The van der Waals surface area contributed by atoms with E-state index in [1.165, 1.54) is 11.1 Å². The molecule has 0 N–H and O–H groups in total. The lowest BCUT2D eigenvalue weighted by Gasteiger charge is -2.09. The maximum absolute atomic E-state index is 12.9. The molecule has 5 heteroatoms. The van der Waals surface area contributed by atoms with Gasteiger partial charge in [0.25, 0.3) is 5.56 Å². The van der Waals surface area contributed by atoms with Crippen LogP contribution in [0.15, 0.2) is 65.7 Å². The fourth-order valence-electron chi connectivity index (χ4n) is 3.12. The van der Waals surface area contributed by atoms with Crippen molar-refractivity contribution in [1.82, 2.24) is 14.2 Å². The van der Waals surface area contributed by atoms with Gasteiger partial charge in [-0.15, -0.1) is 0 Å². The Bertz CT molecular complexity index is 1160. The van der Waals surface area contributed by atoms with Gasteiger partial charge >= 0.3 is 0 Å². The van der Waals surface area contributed by atoms with Crippen molar-refractivity contribution < 1.29 is 0 Å². The minimum atomic E-state index is -0.0554. The fourth-order valence-corrected chi connectivity index (χ4v) is 3.25. The summed E-state index contributed by atoms with van der Waals surface area (Å²) in [6, 6.07) is 15.6. The maximum Gasteiger partial charge on any atom is 0.276 e. The molecular formula is C21H18ClN3O. The molecule has 2 heterocycles. The van der Waals surface area contributed by atoms with Gasteiger partial charge in [-0.1, -0.05) is 47.5 Å². The minimum absolute atomic E-state index is 0.0554. The molecule has 26 heavy (non-hydrogen) atoms. The Kier molecular flexibility index (Phi) is 4.13. The molecule has 0 bridgehead atoms. The maximum atomic E-state index is 12.9. The van der Waals surface area contributed by atoms with E-state index in [2.05, 4.69) is 37.1 Å². The molecule has 0 aliphatic carbocycles. The third kappa shape index (κ3) is 3.04. The second-order valence-corrected chi connectivity index (χ2v) is 6.96. The van der Waals surface area contributed by atoms with Crippen LogP contribution in [0.4, 0.5) is 0 Å². The van der Waals surface area contributed by atoms with Crippen LogP contribution >= 0.6 is 11.6 Å². The Morgan fingerprint density at radius 1 is 1.00 bits per heavy atom. The van der Waals surface area contributed by atoms with Gasteiger partial charge in [-0.25, -0.2) is 4.52 Å². The highest BCUT2D eigenvalue weighted by atomic mass is 35.5. The second-order valence-electron chi connectivity index (χ2n) is 6.53. The molecule has 0 unspecified atom stereocenters. The molecule has 0 radical (unpaired) electrons. The first-order valence-corrected chi connectivity index (χ1v) is 8.80. The molecule has 130 valence electrons. The number of hydrogen-bond donors (Lipinski definition) is 0. The van der Waals surface area contributed by atoms with Crippen molar-refractivity contribution in [2.75, 3.05) is 0 Å². The highest BCUT2D eigenvalue weighted by Gasteiger charge is 2.10. The van der Waals surface area contributed by atoms with E-state index in [0.717, 1.165) is 16.8 Å². The first kappa shape index (κ1) is 16.6. The lowest BCUT2D eigenvalue weighted by Crippen LogP contribution is -2.22. The average Bonchev–Trinajstić information content (AvgIpc) is 3.05. The number of rotatable bonds is 3. The predicted octanol–water partition coefficient (Wildman–Crippen LogP) is 4.48. The van der Waals surface area contributed by atoms with Crippen LogP contribution in [0.25, 0.3) is 16.8 Å². The molecule has 0 aliphatic rings. The zero-order chi connectivity index (χ0) is 18.3. The van der Waals surface area contributed by atoms with E-state index >= 15 is 0 Å². The number of benzene rings is 2. The largest absolute Gasteiger partial charge is 0.308 e. The Labute approximate surface area is 156 Å². The summed E-state index contributed by atoms with van der Waals surface area (Å²) in [6.45, 7) is 4.69. The van der Waals surface area contributed by atoms with Crippen molar-refractivity contribution in [3.8, 4) is 11.3 Å². The predicted molar refractivity (Wildman–Crippen MR) is 105 cm³/mol. The van der Waals surface area contributed by atoms with Gasteiger partial charge < -0.3 is 4.57 Å². The van der Waals surface area contributed by atoms with Crippen LogP contribution in [0.2, 0.25) is 5.02 Å². The topological polar surface area (TPSA) is 39.3 Å². The summed E-state index contributed by atoms with van der Waals surface area (Å²) in [5, 5.41) is 5.19. The standard InChI is InChI=1S/C21H18ClN3O/c1-14-3-4-17(15(2)11-14)13-24-9-10-25-20(21(24)26)12-19(23-25)16-5-7-18(22)8-6-16/h3-12H,13H2,1-2H3. The molecule has 0 aliphatic heterocycles.